The predicted octanol–water partition coefficient (Wildman–Crippen LogP) is 1.27. The van der Waals surface area contributed by atoms with Crippen molar-refractivity contribution < 1.29 is 0 Å². The molecule has 0 heterocycles. The topological polar surface area (TPSA) is 36.1 Å². The van der Waals surface area contributed by atoms with E-state index in [1.54, 1.807) is 0 Å². The van der Waals surface area contributed by atoms with E-state index in [1.165, 1.54) is 32.1 Å². The van der Waals surface area contributed by atoms with E-state index >= 15 is 0 Å². The maximum atomic E-state index is 3.52. The molecule has 3 nitrogen and oxygen atoms in total. The van der Waals surface area contributed by atoms with Crippen molar-refractivity contribution in [3.05, 3.63) is 0 Å². The zero-order valence-electron chi connectivity index (χ0n) is 9.60. The van der Waals surface area contributed by atoms with Gasteiger partial charge in [0.05, 0.1) is 0 Å². The molecule has 1 aliphatic carbocycles. The zero-order chi connectivity index (χ0) is 10.2. The highest BCUT2D eigenvalue weighted by Gasteiger charge is 2.15. The number of rotatable bonds is 7. The highest BCUT2D eigenvalue weighted by molar-refractivity contribution is 4.71. The van der Waals surface area contributed by atoms with Crippen LogP contribution in [-0.2, 0) is 0 Å². The van der Waals surface area contributed by atoms with Crippen LogP contribution in [0.2, 0.25) is 0 Å². The number of hydrogen-bond donors (Lipinski definition) is 3. The number of nitrogens with one attached hydrogen (secondary N) is 3. The monoisotopic (exact) mass is 199 g/mol. The third kappa shape index (κ3) is 4.40. The molecular formula is C11H25N3. The molecule has 0 aliphatic heterocycles. The minimum atomic E-state index is 0.288. The zero-order valence-corrected chi connectivity index (χ0v) is 9.60. The summed E-state index contributed by atoms with van der Waals surface area (Å²) in [7, 11) is 2.00. The molecule has 0 saturated heterocycles. The first kappa shape index (κ1) is 12.0. The third-order valence-corrected chi connectivity index (χ3v) is 2.97. The van der Waals surface area contributed by atoms with Gasteiger partial charge < -0.3 is 0 Å². The molecule has 0 amide bonds. The van der Waals surface area contributed by atoms with Crippen LogP contribution in [-0.4, -0.2) is 26.4 Å². The maximum Gasteiger partial charge on any atom is 0.111 e. The summed E-state index contributed by atoms with van der Waals surface area (Å²) in [6.07, 6.45) is 7.16. The lowest BCUT2D eigenvalue weighted by atomic mass is 10.1. The van der Waals surface area contributed by atoms with Crippen molar-refractivity contribution in [2.45, 2.75) is 45.3 Å². The Labute approximate surface area is 88.0 Å². The van der Waals surface area contributed by atoms with Gasteiger partial charge in [0.2, 0.25) is 0 Å². The molecule has 0 spiro atoms. The van der Waals surface area contributed by atoms with Gasteiger partial charge >= 0.3 is 0 Å². The van der Waals surface area contributed by atoms with Gasteiger partial charge in [0, 0.05) is 6.54 Å². The minimum Gasteiger partial charge on any atom is -0.293 e. The molecule has 1 fully saturated rings. The third-order valence-electron chi connectivity index (χ3n) is 2.97. The summed E-state index contributed by atoms with van der Waals surface area (Å²) in [5.74, 6) is 0.911. The standard InChI is InChI=1S/C11H25N3/c1-3-8-13-11(12-2)14-9-10-6-4-5-7-10/h10-14H,3-9H2,1-2H3. The lowest BCUT2D eigenvalue weighted by Gasteiger charge is -2.21. The van der Waals surface area contributed by atoms with Gasteiger partial charge in [0.1, 0.15) is 6.29 Å². The maximum absolute atomic E-state index is 3.52. The van der Waals surface area contributed by atoms with Gasteiger partial charge in [0.25, 0.3) is 0 Å². The van der Waals surface area contributed by atoms with Crippen molar-refractivity contribution in [2.24, 2.45) is 5.92 Å². The van der Waals surface area contributed by atoms with Crippen LogP contribution in [0.25, 0.3) is 0 Å². The van der Waals surface area contributed by atoms with E-state index in [0.717, 1.165) is 19.0 Å². The molecule has 0 radical (unpaired) electrons. The Morgan fingerprint density at radius 1 is 1.21 bits per heavy atom. The second-order valence-electron chi connectivity index (χ2n) is 4.23. The van der Waals surface area contributed by atoms with Gasteiger partial charge in [0.15, 0.2) is 0 Å². The molecule has 0 aromatic rings. The van der Waals surface area contributed by atoms with Crippen LogP contribution < -0.4 is 16.0 Å². The average Bonchev–Trinajstić information content (AvgIpc) is 2.71. The second-order valence-corrected chi connectivity index (χ2v) is 4.23. The summed E-state index contributed by atoms with van der Waals surface area (Å²) < 4.78 is 0. The van der Waals surface area contributed by atoms with Crippen molar-refractivity contribution in [1.29, 1.82) is 0 Å². The van der Waals surface area contributed by atoms with E-state index in [0.29, 0.717) is 0 Å². The fourth-order valence-corrected chi connectivity index (χ4v) is 2.06. The fraction of sp³-hybridized carbons (Fsp3) is 1.00. The molecule has 1 aliphatic rings. The first-order valence-corrected chi connectivity index (χ1v) is 6.00. The summed E-state index contributed by atoms with van der Waals surface area (Å²) >= 11 is 0. The van der Waals surface area contributed by atoms with Crippen LogP contribution in [0.15, 0.2) is 0 Å². The Bertz CT molecular complexity index is 132. The predicted molar refractivity (Wildman–Crippen MR) is 61.1 cm³/mol. The average molecular weight is 199 g/mol. The Morgan fingerprint density at radius 3 is 2.50 bits per heavy atom. The molecular weight excluding hydrogens is 174 g/mol. The largest absolute Gasteiger partial charge is 0.293 e. The first-order valence-electron chi connectivity index (χ1n) is 6.00. The van der Waals surface area contributed by atoms with Crippen molar-refractivity contribution in [3.8, 4) is 0 Å². The molecule has 0 aromatic carbocycles. The van der Waals surface area contributed by atoms with Gasteiger partial charge in [-0.15, -0.1) is 0 Å². The molecule has 1 rings (SSSR count). The lowest BCUT2D eigenvalue weighted by molar-refractivity contribution is 0.347. The van der Waals surface area contributed by atoms with Gasteiger partial charge in [-0.25, -0.2) is 0 Å². The highest BCUT2D eigenvalue weighted by Crippen LogP contribution is 2.23. The SMILES string of the molecule is CCCNC(NC)NCC1CCCC1. The summed E-state index contributed by atoms with van der Waals surface area (Å²) in [6, 6.07) is 0. The number of hydrogen-bond acceptors (Lipinski definition) is 3. The van der Waals surface area contributed by atoms with Crippen LogP contribution >= 0.6 is 0 Å². The van der Waals surface area contributed by atoms with Crippen LogP contribution in [0.1, 0.15) is 39.0 Å². The summed E-state index contributed by atoms with van der Waals surface area (Å²) in [5, 5.41) is 10.2. The summed E-state index contributed by atoms with van der Waals surface area (Å²) in [5.41, 5.74) is 0. The Morgan fingerprint density at radius 2 is 1.93 bits per heavy atom. The molecule has 1 saturated carbocycles. The normalized spacial score (nSPS) is 20.1. The van der Waals surface area contributed by atoms with Crippen molar-refractivity contribution in [1.82, 2.24) is 16.0 Å². The molecule has 3 N–H and O–H groups in total. The van der Waals surface area contributed by atoms with Gasteiger partial charge in [-0.2, -0.15) is 0 Å². The first-order chi connectivity index (χ1) is 6.86. The van der Waals surface area contributed by atoms with Crippen LogP contribution in [0.5, 0.6) is 0 Å². The van der Waals surface area contributed by atoms with Crippen LogP contribution in [0.4, 0.5) is 0 Å². The van der Waals surface area contributed by atoms with E-state index in [-0.39, 0.29) is 6.29 Å². The highest BCUT2D eigenvalue weighted by atomic mass is 15.3. The van der Waals surface area contributed by atoms with Gasteiger partial charge in [-0.05, 0) is 38.8 Å². The molecule has 3 heteroatoms. The summed E-state index contributed by atoms with van der Waals surface area (Å²) in [4.78, 5) is 0. The molecule has 84 valence electrons. The molecule has 1 unspecified atom stereocenters. The Hall–Kier alpha value is -0.120. The molecule has 0 bridgehead atoms. The Balaban J connectivity index is 2.06. The molecule has 0 aromatic heterocycles. The quantitative estimate of drug-likeness (QED) is 0.540. The van der Waals surface area contributed by atoms with Gasteiger partial charge in [-0.1, -0.05) is 19.8 Å². The van der Waals surface area contributed by atoms with Crippen molar-refractivity contribution in [2.75, 3.05) is 20.1 Å². The Kier molecular flexibility index (Phi) is 6.15. The summed E-state index contributed by atoms with van der Waals surface area (Å²) in [6.45, 7) is 4.42. The van der Waals surface area contributed by atoms with Crippen LogP contribution in [0.3, 0.4) is 0 Å². The minimum absolute atomic E-state index is 0.288. The van der Waals surface area contributed by atoms with Crippen LogP contribution in [0, 0.1) is 5.92 Å². The van der Waals surface area contributed by atoms with E-state index in [1.807, 2.05) is 7.05 Å². The van der Waals surface area contributed by atoms with E-state index in [2.05, 4.69) is 22.9 Å². The molecule has 1 atom stereocenters. The fourth-order valence-electron chi connectivity index (χ4n) is 2.06. The van der Waals surface area contributed by atoms with Crippen molar-refractivity contribution in [3.63, 3.8) is 0 Å². The van der Waals surface area contributed by atoms with E-state index < -0.39 is 0 Å². The lowest BCUT2D eigenvalue weighted by Crippen LogP contribution is -2.52. The van der Waals surface area contributed by atoms with E-state index in [9.17, 15) is 0 Å². The second kappa shape index (κ2) is 7.21. The van der Waals surface area contributed by atoms with E-state index in [4.69, 9.17) is 0 Å². The molecule has 14 heavy (non-hydrogen) atoms. The van der Waals surface area contributed by atoms with Gasteiger partial charge in [-0.3, -0.25) is 16.0 Å². The van der Waals surface area contributed by atoms with Crippen molar-refractivity contribution >= 4 is 0 Å². The smallest absolute Gasteiger partial charge is 0.111 e.